The van der Waals surface area contributed by atoms with Crippen LogP contribution in [0.4, 0.5) is 0 Å². The van der Waals surface area contributed by atoms with E-state index in [0.717, 1.165) is 28.9 Å². The van der Waals surface area contributed by atoms with Gasteiger partial charge in [0.1, 0.15) is 11.3 Å². The Morgan fingerprint density at radius 2 is 1.96 bits per heavy atom. The number of aryl methyl sites for hydroxylation is 1. The van der Waals surface area contributed by atoms with Crippen LogP contribution in [-0.2, 0) is 11.8 Å². The fraction of sp³-hybridized carbons (Fsp3) is 0.524. The lowest BCUT2D eigenvalue weighted by Crippen LogP contribution is -2.13. The number of rotatable bonds is 6. The number of hydrogen-bond donors (Lipinski definition) is 1. The van der Waals surface area contributed by atoms with Crippen LogP contribution in [0.2, 0.25) is 0 Å². The summed E-state index contributed by atoms with van der Waals surface area (Å²) >= 11 is 0. The summed E-state index contributed by atoms with van der Waals surface area (Å²) in [6, 6.07) is 6.36. The zero-order valence-corrected chi connectivity index (χ0v) is 15.2. The van der Waals surface area contributed by atoms with Gasteiger partial charge in [-0.1, -0.05) is 52.7 Å². The molecule has 2 rings (SSSR count). The lowest BCUT2D eigenvalue weighted by Gasteiger charge is -2.19. The van der Waals surface area contributed by atoms with Crippen molar-refractivity contribution in [2.24, 2.45) is 0 Å². The van der Waals surface area contributed by atoms with E-state index in [2.05, 4.69) is 45.9 Å². The monoisotopic (exact) mass is 314 g/mol. The van der Waals surface area contributed by atoms with E-state index in [1.165, 1.54) is 30.2 Å². The van der Waals surface area contributed by atoms with Crippen molar-refractivity contribution in [3.05, 3.63) is 41.2 Å². The first-order valence-corrected chi connectivity index (χ1v) is 8.72. The minimum atomic E-state index is 0.0556. The van der Waals surface area contributed by atoms with Gasteiger partial charge < -0.3 is 9.52 Å². The number of benzene rings is 1. The molecule has 1 N–H and O–H groups in total. The molecule has 1 aromatic heterocycles. The quantitative estimate of drug-likeness (QED) is 0.678. The molecule has 0 atom stereocenters. The summed E-state index contributed by atoms with van der Waals surface area (Å²) in [6.07, 6.45) is 6.50. The SMILES string of the molecule is CCCCCc1oc2ccc(/C(C)=C\CO)cc2c1C(C)(C)C. The molecule has 0 saturated heterocycles. The number of furan rings is 1. The Morgan fingerprint density at radius 1 is 1.22 bits per heavy atom. The largest absolute Gasteiger partial charge is 0.461 e. The van der Waals surface area contributed by atoms with Crippen molar-refractivity contribution in [2.45, 2.75) is 65.7 Å². The van der Waals surface area contributed by atoms with E-state index in [-0.39, 0.29) is 12.0 Å². The summed E-state index contributed by atoms with van der Waals surface area (Å²) < 4.78 is 6.20. The molecule has 1 heterocycles. The number of fused-ring (bicyclic) bond motifs is 1. The molecule has 0 amide bonds. The highest BCUT2D eigenvalue weighted by Gasteiger charge is 2.25. The maximum absolute atomic E-state index is 9.12. The number of allylic oxidation sites excluding steroid dienone is 1. The zero-order chi connectivity index (χ0) is 17.0. The number of hydrogen-bond acceptors (Lipinski definition) is 2. The average Bonchev–Trinajstić information content (AvgIpc) is 2.85. The highest BCUT2D eigenvalue weighted by molar-refractivity contribution is 5.87. The molecule has 0 bridgehead atoms. The molecule has 0 unspecified atom stereocenters. The molecular formula is C21H30O2. The van der Waals surface area contributed by atoms with Crippen molar-refractivity contribution in [1.82, 2.24) is 0 Å². The third kappa shape index (κ3) is 4.06. The predicted molar refractivity (Wildman–Crippen MR) is 98.9 cm³/mol. The summed E-state index contributed by atoms with van der Waals surface area (Å²) in [5.41, 5.74) is 4.62. The van der Waals surface area contributed by atoms with Crippen LogP contribution in [-0.4, -0.2) is 11.7 Å². The predicted octanol–water partition coefficient (Wildman–Crippen LogP) is 5.86. The molecule has 126 valence electrons. The smallest absolute Gasteiger partial charge is 0.134 e. The van der Waals surface area contributed by atoms with Gasteiger partial charge in [-0.3, -0.25) is 0 Å². The van der Waals surface area contributed by atoms with Crippen LogP contribution < -0.4 is 0 Å². The Labute approximate surface area is 140 Å². The molecule has 2 nitrogen and oxygen atoms in total. The van der Waals surface area contributed by atoms with Crippen LogP contribution in [0.15, 0.2) is 28.7 Å². The Morgan fingerprint density at radius 3 is 2.57 bits per heavy atom. The lowest BCUT2D eigenvalue weighted by molar-refractivity contribution is 0.343. The Balaban J connectivity index is 2.54. The fourth-order valence-electron chi connectivity index (χ4n) is 3.18. The molecule has 0 radical (unpaired) electrons. The van der Waals surface area contributed by atoms with Crippen LogP contribution in [0.1, 0.15) is 70.8 Å². The van der Waals surface area contributed by atoms with Gasteiger partial charge in [0, 0.05) is 17.4 Å². The van der Waals surface area contributed by atoms with E-state index in [9.17, 15) is 0 Å². The van der Waals surface area contributed by atoms with E-state index in [4.69, 9.17) is 9.52 Å². The third-order valence-corrected chi connectivity index (χ3v) is 4.37. The van der Waals surface area contributed by atoms with Crippen molar-refractivity contribution >= 4 is 16.5 Å². The van der Waals surface area contributed by atoms with Gasteiger partial charge in [-0.25, -0.2) is 0 Å². The van der Waals surface area contributed by atoms with Crippen LogP contribution in [0.3, 0.4) is 0 Å². The van der Waals surface area contributed by atoms with E-state index in [0.29, 0.717) is 0 Å². The van der Waals surface area contributed by atoms with Crippen LogP contribution in [0.25, 0.3) is 16.5 Å². The van der Waals surface area contributed by atoms with Gasteiger partial charge >= 0.3 is 0 Å². The minimum Gasteiger partial charge on any atom is -0.461 e. The summed E-state index contributed by atoms with van der Waals surface area (Å²) in [7, 11) is 0. The number of aliphatic hydroxyl groups excluding tert-OH is 1. The summed E-state index contributed by atoms with van der Waals surface area (Å²) in [5.74, 6) is 1.14. The topological polar surface area (TPSA) is 33.4 Å². The highest BCUT2D eigenvalue weighted by Crippen LogP contribution is 2.37. The van der Waals surface area contributed by atoms with Gasteiger partial charge in [0.2, 0.25) is 0 Å². The van der Waals surface area contributed by atoms with Crippen molar-refractivity contribution in [2.75, 3.05) is 6.61 Å². The zero-order valence-electron chi connectivity index (χ0n) is 15.2. The maximum Gasteiger partial charge on any atom is 0.134 e. The Hall–Kier alpha value is -1.54. The van der Waals surface area contributed by atoms with Crippen LogP contribution >= 0.6 is 0 Å². The van der Waals surface area contributed by atoms with E-state index >= 15 is 0 Å². The fourth-order valence-corrected chi connectivity index (χ4v) is 3.18. The average molecular weight is 314 g/mol. The third-order valence-electron chi connectivity index (χ3n) is 4.37. The minimum absolute atomic E-state index is 0.0556. The van der Waals surface area contributed by atoms with Crippen molar-refractivity contribution in [3.63, 3.8) is 0 Å². The Bertz CT molecular complexity index is 684. The first kappa shape index (κ1) is 17.8. The highest BCUT2D eigenvalue weighted by atomic mass is 16.3. The lowest BCUT2D eigenvalue weighted by atomic mass is 9.83. The second kappa shape index (κ2) is 7.35. The molecule has 0 spiro atoms. The summed E-state index contributed by atoms with van der Waals surface area (Å²) in [4.78, 5) is 0. The van der Waals surface area contributed by atoms with Gasteiger partial charge in [-0.2, -0.15) is 0 Å². The molecule has 0 aliphatic rings. The number of unbranched alkanes of at least 4 members (excludes halogenated alkanes) is 2. The molecule has 0 fully saturated rings. The first-order valence-electron chi connectivity index (χ1n) is 8.72. The summed E-state index contributed by atoms with van der Waals surface area (Å²) in [6.45, 7) is 11.1. The van der Waals surface area contributed by atoms with Crippen LogP contribution in [0, 0.1) is 0 Å². The molecule has 2 aromatic rings. The van der Waals surface area contributed by atoms with Crippen molar-refractivity contribution < 1.29 is 9.52 Å². The standard InChI is InChI=1S/C21H30O2/c1-6-7-8-9-19-20(21(3,4)5)17-14-16(15(2)12-13-22)10-11-18(17)23-19/h10-12,14,22H,6-9,13H2,1-5H3/b15-12-. The molecule has 0 aliphatic heterocycles. The second-order valence-corrected chi connectivity index (χ2v) is 7.39. The van der Waals surface area contributed by atoms with Gasteiger partial charge in [0.15, 0.2) is 0 Å². The second-order valence-electron chi connectivity index (χ2n) is 7.39. The molecule has 0 saturated carbocycles. The van der Waals surface area contributed by atoms with Gasteiger partial charge in [-0.15, -0.1) is 0 Å². The molecular weight excluding hydrogens is 284 g/mol. The molecule has 1 aromatic carbocycles. The molecule has 2 heteroatoms. The van der Waals surface area contributed by atoms with Gasteiger partial charge in [0.05, 0.1) is 6.61 Å². The van der Waals surface area contributed by atoms with E-state index < -0.39 is 0 Å². The summed E-state index contributed by atoms with van der Waals surface area (Å²) in [5, 5.41) is 10.3. The Kier molecular flexibility index (Phi) is 5.69. The van der Waals surface area contributed by atoms with Crippen molar-refractivity contribution in [1.29, 1.82) is 0 Å². The number of aliphatic hydroxyl groups is 1. The molecule has 0 aliphatic carbocycles. The van der Waals surface area contributed by atoms with Crippen molar-refractivity contribution in [3.8, 4) is 0 Å². The van der Waals surface area contributed by atoms with Gasteiger partial charge in [0.25, 0.3) is 0 Å². The molecule has 23 heavy (non-hydrogen) atoms. The maximum atomic E-state index is 9.12. The normalized spacial score (nSPS) is 13.0. The van der Waals surface area contributed by atoms with E-state index in [1.807, 2.05) is 13.0 Å². The van der Waals surface area contributed by atoms with Gasteiger partial charge in [-0.05, 0) is 42.0 Å². The van der Waals surface area contributed by atoms with Crippen LogP contribution in [0.5, 0.6) is 0 Å². The first-order chi connectivity index (χ1) is 10.9. The van der Waals surface area contributed by atoms with E-state index in [1.54, 1.807) is 0 Å².